The summed E-state index contributed by atoms with van der Waals surface area (Å²) in [7, 11) is 0. The van der Waals surface area contributed by atoms with E-state index in [2.05, 4.69) is 94.4 Å². The van der Waals surface area contributed by atoms with Crippen molar-refractivity contribution in [2.75, 3.05) is 3.11 Å². The number of para-hydroxylation sites is 3. The summed E-state index contributed by atoms with van der Waals surface area (Å²) in [5.41, 5.74) is 5.49. The molecule has 0 aliphatic heterocycles. The summed E-state index contributed by atoms with van der Waals surface area (Å²) in [6.07, 6.45) is 0. The Kier molecular flexibility index (Phi) is 3.96. The Bertz CT molecular complexity index is 1020. The lowest BCUT2D eigenvalue weighted by Crippen LogP contribution is -2.05. The van der Waals surface area contributed by atoms with Crippen molar-refractivity contribution in [2.45, 2.75) is 19.8 Å². The molecule has 0 amide bonds. The Morgan fingerprint density at radius 1 is 0.792 bits per heavy atom. The van der Waals surface area contributed by atoms with Crippen LogP contribution in [0, 0.1) is 0 Å². The van der Waals surface area contributed by atoms with Gasteiger partial charge in [0.15, 0.2) is 5.58 Å². The summed E-state index contributed by atoms with van der Waals surface area (Å²) >= 11 is 2.38. The molecular weight excluding hydrogens is 409 g/mol. The molecule has 0 unspecified atom stereocenters. The van der Waals surface area contributed by atoms with E-state index < -0.39 is 0 Å². The highest BCUT2D eigenvalue weighted by atomic mass is 127. The molecule has 3 aromatic carbocycles. The van der Waals surface area contributed by atoms with Crippen LogP contribution in [0.1, 0.15) is 25.3 Å². The highest BCUT2D eigenvalue weighted by molar-refractivity contribution is 14.1. The maximum absolute atomic E-state index is 6.18. The molecule has 2 nitrogen and oxygen atoms in total. The van der Waals surface area contributed by atoms with E-state index in [9.17, 15) is 0 Å². The van der Waals surface area contributed by atoms with Crippen molar-refractivity contribution >= 4 is 56.2 Å². The Hall–Kier alpha value is -2.01. The largest absolute Gasteiger partial charge is 0.454 e. The molecule has 0 saturated heterocycles. The van der Waals surface area contributed by atoms with Crippen LogP contribution in [0.25, 0.3) is 21.9 Å². The Morgan fingerprint density at radius 2 is 1.46 bits per heavy atom. The van der Waals surface area contributed by atoms with Crippen LogP contribution in [0.4, 0.5) is 11.4 Å². The first kappa shape index (κ1) is 15.5. The van der Waals surface area contributed by atoms with Gasteiger partial charge in [-0.15, -0.1) is 0 Å². The van der Waals surface area contributed by atoms with Crippen molar-refractivity contribution < 1.29 is 4.42 Å². The lowest BCUT2D eigenvalue weighted by Gasteiger charge is -2.22. The van der Waals surface area contributed by atoms with E-state index in [1.54, 1.807) is 0 Å². The molecule has 0 fully saturated rings. The molecule has 1 aromatic heterocycles. The molecule has 24 heavy (non-hydrogen) atoms. The normalized spacial score (nSPS) is 11.5. The highest BCUT2D eigenvalue weighted by Crippen LogP contribution is 2.41. The monoisotopic (exact) mass is 427 g/mol. The third-order valence-corrected chi connectivity index (χ3v) is 5.40. The SMILES string of the molecule is CC(C)c1ccccc1N(I)c1cccc2c1oc1ccccc12. The number of halogens is 1. The van der Waals surface area contributed by atoms with Gasteiger partial charge in [-0.05, 0) is 29.7 Å². The number of nitrogens with zero attached hydrogens (tertiary/aromatic N) is 1. The Balaban J connectivity index is 1.94. The third kappa shape index (κ3) is 2.47. The van der Waals surface area contributed by atoms with Gasteiger partial charge >= 0.3 is 0 Å². The van der Waals surface area contributed by atoms with Crippen LogP contribution in [0.3, 0.4) is 0 Å². The number of fused-ring (bicyclic) bond motifs is 3. The molecule has 120 valence electrons. The second-order valence-corrected chi connectivity index (χ2v) is 7.21. The van der Waals surface area contributed by atoms with Crippen molar-refractivity contribution in [1.29, 1.82) is 0 Å². The van der Waals surface area contributed by atoms with Gasteiger partial charge in [-0.2, -0.15) is 0 Å². The van der Waals surface area contributed by atoms with Crippen molar-refractivity contribution in [3.8, 4) is 0 Å². The van der Waals surface area contributed by atoms with Gasteiger partial charge in [0, 0.05) is 10.8 Å². The Morgan fingerprint density at radius 3 is 2.29 bits per heavy atom. The van der Waals surface area contributed by atoms with E-state index in [4.69, 9.17) is 4.42 Å². The van der Waals surface area contributed by atoms with Crippen LogP contribution in [0.15, 0.2) is 71.1 Å². The van der Waals surface area contributed by atoms with E-state index in [0.29, 0.717) is 5.92 Å². The second-order valence-electron chi connectivity index (χ2n) is 6.25. The van der Waals surface area contributed by atoms with E-state index in [-0.39, 0.29) is 0 Å². The van der Waals surface area contributed by atoms with Crippen LogP contribution in [-0.4, -0.2) is 0 Å². The smallest absolute Gasteiger partial charge is 0.159 e. The molecule has 0 aliphatic carbocycles. The van der Waals surface area contributed by atoms with Crippen LogP contribution in [0.5, 0.6) is 0 Å². The minimum absolute atomic E-state index is 0.466. The minimum Gasteiger partial charge on any atom is -0.454 e. The standard InChI is InChI=1S/C21H18INO/c1-14(2)15-8-3-5-11-18(15)23(22)19-12-7-10-17-16-9-4-6-13-20(16)24-21(17)19/h3-14H,1-2H3. The number of hydrogen-bond acceptors (Lipinski definition) is 2. The highest BCUT2D eigenvalue weighted by Gasteiger charge is 2.18. The topological polar surface area (TPSA) is 16.4 Å². The first-order valence-electron chi connectivity index (χ1n) is 8.12. The number of hydrogen-bond donors (Lipinski definition) is 0. The fraction of sp³-hybridized carbons (Fsp3) is 0.143. The van der Waals surface area contributed by atoms with E-state index in [1.807, 2.05) is 12.1 Å². The number of furan rings is 1. The van der Waals surface area contributed by atoms with Gasteiger partial charge < -0.3 is 4.42 Å². The van der Waals surface area contributed by atoms with Gasteiger partial charge in [0.2, 0.25) is 0 Å². The van der Waals surface area contributed by atoms with Gasteiger partial charge in [-0.3, -0.25) is 3.11 Å². The van der Waals surface area contributed by atoms with Crippen LogP contribution < -0.4 is 3.11 Å². The summed E-state index contributed by atoms with van der Waals surface area (Å²) in [6.45, 7) is 4.45. The maximum atomic E-state index is 6.18. The molecule has 0 N–H and O–H groups in total. The molecule has 0 spiro atoms. The van der Waals surface area contributed by atoms with Crippen molar-refractivity contribution in [1.82, 2.24) is 0 Å². The fourth-order valence-corrected chi connectivity index (χ4v) is 3.99. The van der Waals surface area contributed by atoms with E-state index in [0.717, 1.165) is 27.6 Å². The zero-order valence-corrected chi connectivity index (χ0v) is 15.8. The van der Waals surface area contributed by atoms with Gasteiger partial charge in [-0.1, -0.05) is 62.4 Å². The predicted octanol–water partition coefficient (Wildman–Crippen LogP) is 7.20. The Labute approximate surface area is 155 Å². The zero-order valence-electron chi connectivity index (χ0n) is 13.7. The van der Waals surface area contributed by atoms with Crippen molar-refractivity contribution in [3.05, 3.63) is 72.3 Å². The number of anilines is 2. The quantitative estimate of drug-likeness (QED) is 0.254. The summed E-state index contributed by atoms with van der Waals surface area (Å²) < 4.78 is 8.39. The average molecular weight is 427 g/mol. The molecule has 0 bridgehead atoms. The molecule has 4 aromatic rings. The lowest BCUT2D eigenvalue weighted by molar-refractivity contribution is 0.669. The summed E-state index contributed by atoms with van der Waals surface area (Å²) in [5, 5.41) is 2.32. The lowest BCUT2D eigenvalue weighted by atomic mass is 10.0. The zero-order chi connectivity index (χ0) is 16.7. The average Bonchev–Trinajstić information content (AvgIpc) is 3.00. The molecule has 0 radical (unpaired) electrons. The maximum Gasteiger partial charge on any atom is 0.159 e. The first-order valence-corrected chi connectivity index (χ1v) is 9.08. The van der Waals surface area contributed by atoms with Crippen LogP contribution >= 0.6 is 22.9 Å². The van der Waals surface area contributed by atoms with Gasteiger partial charge in [0.1, 0.15) is 5.58 Å². The molecule has 0 atom stereocenters. The van der Waals surface area contributed by atoms with Gasteiger partial charge in [-0.25, -0.2) is 0 Å². The summed E-state index contributed by atoms with van der Waals surface area (Å²) in [6, 6.07) is 23.1. The van der Waals surface area contributed by atoms with E-state index in [1.165, 1.54) is 11.3 Å². The minimum atomic E-state index is 0.466. The van der Waals surface area contributed by atoms with Crippen molar-refractivity contribution in [3.63, 3.8) is 0 Å². The predicted molar refractivity (Wildman–Crippen MR) is 110 cm³/mol. The van der Waals surface area contributed by atoms with E-state index >= 15 is 0 Å². The summed E-state index contributed by atoms with van der Waals surface area (Å²) in [5.74, 6) is 0.466. The summed E-state index contributed by atoms with van der Waals surface area (Å²) in [4.78, 5) is 0. The molecule has 1 heterocycles. The molecule has 3 heteroatoms. The van der Waals surface area contributed by atoms with Crippen LogP contribution in [0.2, 0.25) is 0 Å². The first-order chi connectivity index (χ1) is 11.7. The van der Waals surface area contributed by atoms with Crippen molar-refractivity contribution in [2.24, 2.45) is 0 Å². The molecular formula is C21H18INO. The van der Waals surface area contributed by atoms with Gasteiger partial charge in [0.05, 0.1) is 34.2 Å². The second kappa shape index (κ2) is 6.13. The van der Waals surface area contributed by atoms with Crippen LogP contribution in [-0.2, 0) is 0 Å². The number of rotatable bonds is 3. The van der Waals surface area contributed by atoms with Gasteiger partial charge in [0.25, 0.3) is 0 Å². The number of benzene rings is 3. The molecule has 0 aliphatic rings. The molecule has 4 rings (SSSR count). The third-order valence-electron chi connectivity index (χ3n) is 4.37. The fourth-order valence-electron chi connectivity index (χ4n) is 3.17. The molecule has 0 saturated carbocycles.